The van der Waals surface area contributed by atoms with Gasteiger partial charge in [0.2, 0.25) is 10.0 Å². The van der Waals surface area contributed by atoms with Gasteiger partial charge < -0.3 is 20.4 Å². The first-order chi connectivity index (χ1) is 16.3. The summed E-state index contributed by atoms with van der Waals surface area (Å²) in [6, 6.07) is 13.0. The van der Waals surface area contributed by atoms with Gasteiger partial charge in [-0.25, -0.2) is 8.42 Å². The highest BCUT2D eigenvalue weighted by atomic mass is 79.9. The Morgan fingerprint density at radius 1 is 1.12 bits per heavy atom. The summed E-state index contributed by atoms with van der Waals surface area (Å²) in [5.74, 6) is -1.12. The van der Waals surface area contributed by atoms with Gasteiger partial charge in [0.1, 0.15) is 16.7 Å². The van der Waals surface area contributed by atoms with E-state index in [1.165, 1.54) is 9.87 Å². The lowest BCUT2D eigenvalue weighted by Crippen LogP contribution is -2.53. The Morgan fingerprint density at radius 3 is 2.65 bits per heavy atom. The van der Waals surface area contributed by atoms with Gasteiger partial charge in [0.05, 0.1) is 6.61 Å². The first-order valence-electron chi connectivity index (χ1n) is 10.8. The molecule has 1 atom stereocenters. The van der Waals surface area contributed by atoms with E-state index in [1.54, 1.807) is 23.1 Å². The summed E-state index contributed by atoms with van der Waals surface area (Å²) in [6.45, 7) is 0.999. The van der Waals surface area contributed by atoms with Crippen molar-refractivity contribution in [2.45, 2.75) is 24.0 Å². The van der Waals surface area contributed by atoms with Gasteiger partial charge >= 0.3 is 0 Å². The van der Waals surface area contributed by atoms with Crippen LogP contribution in [0.1, 0.15) is 21.6 Å². The molecular formula is C23H23BrN4O5S. The second kappa shape index (κ2) is 8.81. The minimum absolute atomic E-state index is 0.0633. The summed E-state index contributed by atoms with van der Waals surface area (Å²) in [5, 5.41) is 0.352. The molecule has 0 aliphatic carbocycles. The van der Waals surface area contributed by atoms with Crippen LogP contribution in [0.4, 0.5) is 0 Å². The minimum Gasteiger partial charge on any atom is -0.366 e. The zero-order chi connectivity index (χ0) is 24.0. The van der Waals surface area contributed by atoms with Crippen LogP contribution in [0, 0.1) is 0 Å². The molecule has 2 aliphatic rings. The van der Waals surface area contributed by atoms with Gasteiger partial charge in [-0.1, -0.05) is 40.2 Å². The Hall–Kier alpha value is -2.73. The molecule has 5 rings (SSSR count). The second-order valence-electron chi connectivity index (χ2n) is 8.38. The third-order valence-electron chi connectivity index (χ3n) is 6.30. The van der Waals surface area contributed by atoms with Crippen LogP contribution in [0.5, 0.6) is 0 Å². The number of nitrogens with one attached hydrogen (secondary N) is 1. The van der Waals surface area contributed by atoms with Gasteiger partial charge in [0, 0.05) is 41.6 Å². The molecule has 9 nitrogen and oxygen atoms in total. The van der Waals surface area contributed by atoms with Crippen LogP contribution in [0.25, 0.3) is 10.9 Å². The summed E-state index contributed by atoms with van der Waals surface area (Å²) < 4.78 is 35.0. The number of ether oxygens (including phenoxy) is 1. The van der Waals surface area contributed by atoms with Crippen molar-refractivity contribution in [1.29, 1.82) is 0 Å². The third kappa shape index (κ3) is 4.02. The van der Waals surface area contributed by atoms with Crippen molar-refractivity contribution in [3.63, 3.8) is 0 Å². The van der Waals surface area contributed by atoms with E-state index in [1.807, 2.05) is 18.2 Å². The van der Waals surface area contributed by atoms with Gasteiger partial charge in [0.25, 0.3) is 11.8 Å². The number of fused-ring (bicyclic) bond motifs is 2. The molecule has 2 aliphatic heterocycles. The van der Waals surface area contributed by atoms with Crippen LogP contribution in [0.2, 0.25) is 0 Å². The predicted octanol–water partition coefficient (Wildman–Crippen LogP) is 2.00. The third-order valence-corrected chi connectivity index (χ3v) is 8.75. The number of hydrogen-bond donors (Lipinski definition) is 2. The van der Waals surface area contributed by atoms with Gasteiger partial charge in [-0.2, -0.15) is 4.31 Å². The highest BCUT2D eigenvalue weighted by Crippen LogP contribution is 2.32. The molecule has 11 heteroatoms. The number of primary amides is 1. The number of aromatic amines is 1. The number of H-pyrrole nitrogens is 1. The lowest BCUT2D eigenvalue weighted by Gasteiger charge is -2.36. The Labute approximate surface area is 205 Å². The zero-order valence-electron chi connectivity index (χ0n) is 18.2. The monoisotopic (exact) mass is 546 g/mol. The molecule has 3 heterocycles. The normalized spacial score (nSPS) is 19.2. The summed E-state index contributed by atoms with van der Waals surface area (Å²) >= 11 is 3.35. The maximum Gasteiger partial charge on any atom is 0.266 e. The highest BCUT2D eigenvalue weighted by Gasteiger charge is 2.39. The molecule has 34 heavy (non-hydrogen) atoms. The van der Waals surface area contributed by atoms with Crippen molar-refractivity contribution >= 4 is 48.7 Å². The lowest BCUT2D eigenvalue weighted by atomic mass is 9.99. The van der Waals surface area contributed by atoms with E-state index in [0.717, 1.165) is 12.0 Å². The van der Waals surface area contributed by atoms with E-state index in [9.17, 15) is 18.0 Å². The number of morpholine rings is 1. The number of sulfonamides is 1. The van der Waals surface area contributed by atoms with Crippen molar-refractivity contribution in [2.75, 3.05) is 26.2 Å². The van der Waals surface area contributed by atoms with E-state index in [0.29, 0.717) is 28.5 Å². The largest absolute Gasteiger partial charge is 0.366 e. The molecule has 1 aromatic heterocycles. The van der Waals surface area contributed by atoms with Crippen LogP contribution < -0.4 is 5.73 Å². The first kappa shape index (κ1) is 23.0. The zero-order valence-corrected chi connectivity index (χ0v) is 20.6. The molecular weight excluding hydrogens is 524 g/mol. The van der Waals surface area contributed by atoms with Crippen LogP contribution in [-0.2, 0) is 32.5 Å². The molecule has 2 amide bonds. The van der Waals surface area contributed by atoms with Gasteiger partial charge in [-0.15, -0.1) is 0 Å². The maximum absolute atomic E-state index is 13.7. The quantitative estimate of drug-likeness (QED) is 0.517. The molecule has 1 unspecified atom stereocenters. The molecule has 0 spiro atoms. The fourth-order valence-corrected chi connectivity index (χ4v) is 6.71. The molecule has 1 saturated heterocycles. The summed E-state index contributed by atoms with van der Waals surface area (Å²) in [6.07, 6.45) is -0.189. The average molecular weight is 547 g/mol. The van der Waals surface area contributed by atoms with Crippen LogP contribution in [0.15, 0.2) is 51.8 Å². The molecule has 0 saturated carbocycles. The van der Waals surface area contributed by atoms with Gasteiger partial charge in [0.15, 0.2) is 0 Å². The highest BCUT2D eigenvalue weighted by molar-refractivity contribution is 9.10. The van der Waals surface area contributed by atoms with Crippen molar-refractivity contribution in [2.24, 2.45) is 5.73 Å². The average Bonchev–Trinajstić information content (AvgIpc) is 3.23. The van der Waals surface area contributed by atoms with Gasteiger partial charge in [-0.05, 0) is 35.7 Å². The number of rotatable bonds is 4. The maximum atomic E-state index is 13.7. The minimum atomic E-state index is -4.15. The van der Waals surface area contributed by atoms with Crippen molar-refractivity contribution in [3.05, 3.63) is 63.8 Å². The molecule has 0 bridgehead atoms. The smallest absolute Gasteiger partial charge is 0.266 e. The van der Waals surface area contributed by atoms with Crippen LogP contribution >= 0.6 is 15.9 Å². The summed E-state index contributed by atoms with van der Waals surface area (Å²) in [7, 11) is -4.15. The predicted molar refractivity (Wildman–Crippen MR) is 129 cm³/mol. The van der Waals surface area contributed by atoms with E-state index in [-0.39, 0.29) is 36.2 Å². The van der Waals surface area contributed by atoms with E-state index in [2.05, 4.69) is 27.0 Å². The molecule has 178 valence electrons. The Bertz CT molecular complexity index is 1400. The number of carbonyl (C=O) groups is 2. The summed E-state index contributed by atoms with van der Waals surface area (Å²) in [5.41, 5.74) is 8.09. The molecule has 1 fully saturated rings. The van der Waals surface area contributed by atoms with E-state index in [4.69, 9.17) is 10.5 Å². The number of carbonyl (C=O) groups excluding carboxylic acids is 2. The lowest BCUT2D eigenvalue weighted by molar-refractivity contribution is -0.148. The Morgan fingerprint density at radius 2 is 1.88 bits per heavy atom. The van der Waals surface area contributed by atoms with E-state index < -0.39 is 22.0 Å². The Kier molecular flexibility index (Phi) is 5.96. The van der Waals surface area contributed by atoms with Crippen LogP contribution in [0.3, 0.4) is 0 Å². The second-order valence-corrected chi connectivity index (χ2v) is 11.2. The number of benzene rings is 2. The molecule has 0 radical (unpaired) electrons. The van der Waals surface area contributed by atoms with Crippen LogP contribution in [-0.4, -0.2) is 66.8 Å². The molecule has 3 aromatic rings. The number of nitrogens with two attached hydrogens (primary N) is 1. The number of halogens is 1. The molecule has 2 aromatic carbocycles. The fraction of sp³-hybridized carbons (Fsp3) is 0.304. The fourth-order valence-electron chi connectivity index (χ4n) is 4.59. The van der Waals surface area contributed by atoms with Crippen molar-refractivity contribution < 1.29 is 22.7 Å². The van der Waals surface area contributed by atoms with Crippen molar-refractivity contribution in [3.8, 4) is 0 Å². The standard InChI is InChI=1S/C23H23BrN4O5S/c24-16-5-6-18-17(11-16)21(20(26-18)22(25)29)34(31,32)28-9-10-33-19(13-28)23(30)27-8-7-14-3-1-2-4-15(14)12-27/h1-6,11,19,26H,7-10,12-13H2,(H2,25,29). The van der Waals surface area contributed by atoms with Crippen molar-refractivity contribution in [1.82, 2.24) is 14.2 Å². The number of nitrogens with zero attached hydrogens (tertiary/aromatic N) is 2. The summed E-state index contributed by atoms with van der Waals surface area (Å²) in [4.78, 5) is 29.7. The first-order valence-corrected chi connectivity index (χ1v) is 13.1. The SMILES string of the molecule is NC(=O)c1[nH]c2ccc(Br)cc2c1S(=O)(=O)N1CCOC(C(=O)N2CCc3ccccc3C2)C1. The topological polar surface area (TPSA) is 126 Å². The number of hydrogen-bond acceptors (Lipinski definition) is 5. The van der Waals surface area contributed by atoms with E-state index >= 15 is 0 Å². The van der Waals surface area contributed by atoms with Gasteiger partial charge in [-0.3, -0.25) is 9.59 Å². The number of amides is 2. The Balaban J connectivity index is 1.43. The molecule has 3 N–H and O–H groups in total. The number of aromatic nitrogens is 1.